The van der Waals surface area contributed by atoms with Crippen LogP contribution < -0.4 is 10.1 Å². The first-order chi connectivity index (χ1) is 15.6. The van der Waals surface area contributed by atoms with E-state index in [1.165, 1.54) is 13.2 Å². The molecule has 0 bridgehead atoms. The van der Waals surface area contributed by atoms with Crippen LogP contribution in [0.2, 0.25) is 0 Å². The fraction of sp³-hybridized carbons (Fsp3) is 0.400. The first-order valence-electron chi connectivity index (χ1n) is 11.2. The number of aliphatic hydroxyl groups excluding tert-OH is 1. The van der Waals surface area contributed by atoms with E-state index in [0.29, 0.717) is 23.6 Å². The SMILES string of the molecule is COc1ccc(-c2nn(-c3ccccc3)cc2CNCCCN2CCC[C@@H](O)C2)c(F)c1. The van der Waals surface area contributed by atoms with Crippen LogP contribution >= 0.6 is 0 Å². The zero-order valence-corrected chi connectivity index (χ0v) is 18.5. The van der Waals surface area contributed by atoms with Crippen LogP contribution in [0.25, 0.3) is 16.9 Å². The highest BCUT2D eigenvalue weighted by atomic mass is 19.1. The summed E-state index contributed by atoms with van der Waals surface area (Å²) in [7, 11) is 1.53. The Labute approximate surface area is 188 Å². The van der Waals surface area contributed by atoms with Crippen molar-refractivity contribution in [3.05, 3.63) is 66.1 Å². The minimum atomic E-state index is -0.354. The minimum Gasteiger partial charge on any atom is -0.497 e. The van der Waals surface area contributed by atoms with Crippen molar-refractivity contribution in [2.45, 2.75) is 31.9 Å². The summed E-state index contributed by atoms with van der Waals surface area (Å²) in [6, 6.07) is 14.7. The van der Waals surface area contributed by atoms with Crippen molar-refractivity contribution in [1.29, 1.82) is 0 Å². The standard InChI is InChI=1S/C25H31FN4O2/c1-32-22-10-11-23(24(26)15-22)25-19(17-30(28-25)20-7-3-2-4-8-20)16-27-12-6-14-29-13-5-9-21(31)18-29/h2-4,7-8,10-11,15,17,21,27,31H,5-6,9,12-14,16,18H2,1H3/t21-/m1/s1. The number of aliphatic hydroxyl groups is 1. The van der Waals surface area contributed by atoms with E-state index in [0.717, 1.165) is 56.7 Å². The predicted octanol–water partition coefficient (Wildman–Crippen LogP) is 3.62. The monoisotopic (exact) mass is 438 g/mol. The molecule has 6 nitrogen and oxygen atoms in total. The van der Waals surface area contributed by atoms with Crippen molar-refractivity contribution in [2.24, 2.45) is 0 Å². The van der Waals surface area contributed by atoms with Crippen molar-refractivity contribution in [2.75, 3.05) is 33.3 Å². The molecule has 0 unspecified atom stereocenters. The molecule has 0 amide bonds. The Morgan fingerprint density at radius 3 is 2.81 bits per heavy atom. The Morgan fingerprint density at radius 2 is 2.06 bits per heavy atom. The average molecular weight is 439 g/mol. The molecule has 0 radical (unpaired) electrons. The average Bonchev–Trinajstić information content (AvgIpc) is 3.23. The van der Waals surface area contributed by atoms with E-state index in [-0.39, 0.29) is 11.9 Å². The molecule has 3 aromatic rings. The van der Waals surface area contributed by atoms with Crippen LogP contribution in [0, 0.1) is 5.82 Å². The van der Waals surface area contributed by atoms with Gasteiger partial charge in [-0.25, -0.2) is 9.07 Å². The van der Waals surface area contributed by atoms with Gasteiger partial charge in [0.2, 0.25) is 0 Å². The van der Waals surface area contributed by atoms with Gasteiger partial charge in [0.25, 0.3) is 0 Å². The number of para-hydroxylation sites is 1. The number of ether oxygens (including phenoxy) is 1. The van der Waals surface area contributed by atoms with Crippen molar-refractivity contribution in [3.63, 3.8) is 0 Å². The molecule has 1 aromatic heterocycles. The molecule has 2 aromatic carbocycles. The number of methoxy groups -OCH3 is 1. The van der Waals surface area contributed by atoms with E-state index >= 15 is 0 Å². The highest BCUT2D eigenvalue weighted by Crippen LogP contribution is 2.28. The largest absolute Gasteiger partial charge is 0.497 e. The van der Waals surface area contributed by atoms with E-state index in [4.69, 9.17) is 9.84 Å². The fourth-order valence-electron chi connectivity index (χ4n) is 4.18. The third-order valence-corrected chi connectivity index (χ3v) is 5.87. The summed E-state index contributed by atoms with van der Waals surface area (Å²) in [6.07, 6.45) is 4.73. The number of hydrogen-bond donors (Lipinski definition) is 2. The maximum absolute atomic E-state index is 14.8. The molecule has 1 fully saturated rings. The van der Waals surface area contributed by atoms with E-state index in [1.807, 2.05) is 36.5 Å². The van der Waals surface area contributed by atoms with E-state index in [9.17, 15) is 9.50 Å². The van der Waals surface area contributed by atoms with Gasteiger partial charge in [0.1, 0.15) is 17.3 Å². The van der Waals surface area contributed by atoms with Crippen LogP contribution in [0.15, 0.2) is 54.7 Å². The quantitative estimate of drug-likeness (QED) is 0.500. The second-order valence-corrected chi connectivity index (χ2v) is 8.26. The molecule has 0 spiro atoms. The van der Waals surface area contributed by atoms with Gasteiger partial charge in [-0.3, -0.25) is 0 Å². The van der Waals surface area contributed by atoms with Crippen molar-refractivity contribution in [3.8, 4) is 22.7 Å². The van der Waals surface area contributed by atoms with Crippen molar-refractivity contribution < 1.29 is 14.2 Å². The molecular formula is C25H31FN4O2. The molecule has 0 aliphatic carbocycles. The molecule has 2 N–H and O–H groups in total. The summed E-state index contributed by atoms with van der Waals surface area (Å²) in [4.78, 5) is 2.32. The van der Waals surface area contributed by atoms with Crippen LogP contribution in [0.5, 0.6) is 5.75 Å². The number of benzene rings is 2. The number of halogens is 1. The van der Waals surface area contributed by atoms with Gasteiger partial charge in [-0.2, -0.15) is 5.10 Å². The molecule has 0 saturated carbocycles. The van der Waals surface area contributed by atoms with E-state index in [1.54, 1.807) is 16.8 Å². The van der Waals surface area contributed by atoms with Crippen LogP contribution in [-0.2, 0) is 6.54 Å². The topological polar surface area (TPSA) is 62.5 Å². The smallest absolute Gasteiger partial charge is 0.136 e. The number of likely N-dealkylation sites (tertiary alicyclic amines) is 1. The molecule has 1 aliphatic heterocycles. The Kier molecular flexibility index (Phi) is 7.52. The van der Waals surface area contributed by atoms with Crippen LogP contribution in [0.3, 0.4) is 0 Å². The summed E-state index contributed by atoms with van der Waals surface area (Å²) < 4.78 is 21.8. The Morgan fingerprint density at radius 1 is 1.22 bits per heavy atom. The lowest BCUT2D eigenvalue weighted by Crippen LogP contribution is -2.39. The van der Waals surface area contributed by atoms with Gasteiger partial charge in [-0.15, -0.1) is 0 Å². The number of nitrogens with one attached hydrogen (secondary N) is 1. The fourth-order valence-corrected chi connectivity index (χ4v) is 4.18. The van der Waals surface area contributed by atoms with Crippen LogP contribution in [-0.4, -0.2) is 59.2 Å². The van der Waals surface area contributed by atoms with Crippen molar-refractivity contribution >= 4 is 0 Å². The zero-order chi connectivity index (χ0) is 22.3. The Hall–Kier alpha value is -2.74. The van der Waals surface area contributed by atoms with Gasteiger partial charge in [0.05, 0.1) is 18.9 Å². The number of rotatable bonds is 9. The minimum absolute atomic E-state index is 0.192. The number of β-amino-alcohol motifs (C(OH)–C–C–N with tert-alkyl or cyclic N) is 1. The first-order valence-corrected chi connectivity index (χ1v) is 11.2. The summed E-state index contributed by atoms with van der Waals surface area (Å²) in [6.45, 7) is 4.23. The normalized spacial score (nSPS) is 16.9. The van der Waals surface area contributed by atoms with Crippen LogP contribution in [0.1, 0.15) is 24.8 Å². The number of piperidine rings is 1. The lowest BCUT2D eigenvalue weighted by molar-refractivity contribution is 0.0702. The summed E-state index contributed by atoms with van der Waals surface area (Å²) >= 11 is 0. The predicted molar refractivity (Wildman–Crippen MR) is 124 cm³/mol. The Balaban J connectivity index is 1.46. The first kappa shape index (κ1) is 22.5. The highest BCUT2D eigenvalue weighted by Gasteiger charge is 2.18. The third-order valence-electron chi connectivity index (χ3n) is 5.87. The van der Waals surface area contributed by atoms with Gasteiger partial charge in [-0.05, 0) is 63.2 Å². The molecular weight excluding hydrogens is 407 g/mol. The van der Waals surface area contributed by atoms with E-state index in [2.05, 4.69) is 10.2 Å². The second kappa shape index (κ2) is 10.7. The zero-order valence-electron chi connectivity index (χ0n) is 18.5. The molecule has 1 aliphatic rings. The molecule has 4 rings (SSSR count). The van der Waals surface area contributed by atoms with Gasteiger partial charge >= 0.3 is 0 Å². The molecule has 1 atom stereocenters. The lowest BCUT2D eigenvalue weighted by Gasteiger charge is -2.29. The molecule has 32 heavy (non-hydrogen) atoms. The number of aromatic nitrogens is 2. The Bertz CT molecular complexity index is 1010. The van der Waals surface area contributed by atoms with Gasteiger partial charge in [-0.1, -0.05) is 18.2 Å². The van der Waals surface area contributed by atoms with Crippen molar-refractivity contribution in [1.82, 2.24) is 20.0 Å². The summed E-state index contributed by atoms with van der Waals surface area (Å²) in [5, 5.41) is 18.0. The lowest BCUT2D eigenvalue weighted by atomic mass is 10.1. The highest BCUT2D eigenvalue weighted by molar-refractivity contribution is 5.65. The molecule has 1 saturated heterocycles. The number of nitrogens with zero attached hydrogens (tertiary/aromatic N) is 3. The maximum atomic E-state index is 14.8. The summed E-state index contributed by atoms with van der Waals surface area (Å²) in [5.41, 5.74) is 2.95. The second-order valence-electron chi connectivity index (χ2n) is 8.26. The van der Waals surface area contributed by atoms with Gasteiger partial charge in [0.15, 0.2) is 0 Å². The van der Waals surface area contributed by atoms with Gasteiger partial charge in [0, 0.05) is 36.5 Å². The van der Waals surface area contributed by atoms with Gasteiger partial charge < -0.3 is 20.1 Å². The number of hydrogen-bond acceptors (Lipinski definition) is 5. The molecule has 170 valence electrons. The molecule has 7 heteroatoms. The van der Waals surface area contributed by atoms with Crippen LogP contribution in [0.4, 0.5) is 4.39 Å². The maximum Gasteiger partial charge on any atom is 0.136 e. The summed E-state index contributed by atoms with van der Waals surface area (Å²) in [5.74, 6) is 0.129. The third kappa shape index (κ3) is 5.54. The van der Waals surface area contributed by atoms with E-state index < -0.39 is 0 Å². The molecule has 2 heterocycles.